The molecule has 0 spiro atoms. The molecule has 1 aliphatic rings. The smallest absolute Gasteiger partial charge is 0.396 e. The van der Waals surface area contributed by atoms with Crippen LogP contribution in [0.25, 0.3) is 0 Å². The number of nitrogens with one attached hydrogen (secondary N) is 2. The maximum atomic E-state index is 13.1. The Labute approximate surface area is 170 Å². The number of carbonyl (C=O) groups is 1. The summed E-state index contributed by atoms with van der Waals surface area (Å²) in [6.07, 6.45) is -0.834. The Morgan fingerprint density at radius 2 is 2.00 bits per heavy atom. The third-order valence-corrected chi connectivity index (χ3v) is 5.81. The molecule has 0 saturated carbocycles. The number of para-hydroxylation sites is 1. The molecule has 1 aliphatic heterocycles. The topological polar surface area (TPSA) is 77.5 Å². The number of aliphatic hydroxyl groups excluding tert-OH is 1. The van der Waals surface area contributed by atoms with Gasteiger partial charge in [0.15, 0.2) is 5.13 Å². The summed E-state index contributed by atoms with van der Waals surface area (Å²) in [5.74, 6) is 0.191. The number of benzene rings is 1. The number of anilines is 2. The Kier molecular flexibility index (Phi) is 6.96. The minimum absolute atomic E-state index is 0.0323. The van der Waals surface area contributed by atoms with Gasteiger partial charge >= 0.3 is 12.2 Å². The predicted molar refractivity (Wildman–Crippen MR) is 106 cm³/mol. The van der Waals surface area contributed by atoms with Gasteiger partial charge in [-0.25, -0.2) is 9.78 Å². The number of nitrogens with zero attached hydrogens (tertiary/aromatic N) is 2. The first-order valence-electron chi connectivity index (χ1n) is 9.38. The van der Waals surface area contributed by atoms with Gasteiger partial charge in [-0.15, -0.1) is 11.3 Å². The Bertz CT molecular complexity index is 820. The third-order valence-electron chi connectivity index (χ3n) is 4.84. The number of thiazole rings is 1. The number of rotatable bonds is 6. The summed E-state index contributed by atoms with van der Waals surface area (Å²) >= 11 is 1.33. The molecule has 6 nitrogen and oxygen atoms in total. The van der Waals surface area contributed by atoms with E-state index in [2.05, 4.69) is 15.6 Å². The number of carbonyl (C=O) groups excluding carboxylic acids is 1. The van der Waals surface area contributed by atoms with Crippen LogP contribution in [-0.2, 0) is 12.6 Å². The number of aliphatic hydroxyl groups is 1. The molecule has 0 radical (unpaired) electrons. The highest BCUT2D eigenvalue weighted by atomic mass is 32.1. The third kappa shape index (κ3) is 5.83. The highest BCUT2D eigenvalue weighted by molar-refractivity contribution is 7.15. The fourth-order valence-corrected chi connectivity index (χ4v) is 4.03. The van der Waals surface area contributed by atoms with Gasteiger partial charge in [0, 0.05) is 49.4 Å². The zero-order chi connectivity index (χ0) is 20.9. The molecular weight excluding hydrogens is 405 g/mol. The van der Waals surface area contributed by atoms with Crippen molar-refractivity contribution in [2.45, 2.75) is 25.4 Å². The zero-order valence-corrected chi connectivity index (χ0v) is 16.5. The van der Waals surface area contributed by atoms with Gasteiger partial charge in [-0.2, -0.15) is 13.2 Å². The van der Waals surface area contributed by atoms with Crippen LogP contribution in [0.5, 0.6) is 0 Å². The van der Waals surface area contributed by atoms with Crippen LogP contribution >= 0.6 is 11.3 Å². The van der Waals surface area contributed by atoms with Crippen molar-refractivity contribution in [3.8, 4) is 0 Å². The molecule has 3 rings (SSSR count). The standard InChI is InChI=1S/C19H23F3N4O2S/c20-19(21,22)15-3-1-2-4-16(15)23-11-13-5-8-26(9-6-13)18(28)25-17-24-12-14(29-17)7-10-27/h1-4,12-13,23,27H,5-11H2,(H,24,25,28). The predicted octanol–water partition coefficient (Wildman–Crippen LogP) is 4.05. The lowest BCUT2D eigenvalue weighted by molar-refractivity contribution is -0.137. The van der Waals surface area contributed by atoms with Crippen molar-refractivity contribution in [2.75, 3.05) is 36.9 Å². The minimum atomic E-state index is -4.39. The molecular formula is C19H23F3N4O2S. The van der Waals surface area contributed by atoms with Gasteiger partial charge in [-0.05, 0) is 30.9 Å². The largest absolute Gasteiger partial charge is 0.418 e. The summed E-state index contributed by atoms with van der Waals surface area (Å²) < 4.78 is 39.2. The molecule has 10 heteroatoms. The van der Waals surface area contributed by atoms with Crippen molar-refractivity contribution in [2.24, 2.45) is 5.92 Å². The number of urea groups is 1. The minimum Gasteiger partial charge on any atom is -0.396 e. The number of hydrogen-bond donors (Lipinski definition) is 3. The maximum absolute atomic E-state index is 13.1. The van der Waals surface area contributed by atoms with Crippen molar-refractivity contribution < 1.29 is 23.1 Å². The van der Waals surface area contributed by atoms with E-state index < -0.39 is 11.7 Å². The molecule has 0 atom stereocenters. The van der Waals surface area contributed by atoms with Crippen molar-refractivity contribution in [1.29, 1.82) is 0 Å². The number of likely N-dealkylation sites (tertiary alicyclic amines) is 1. The SMILES string of the molecule is O=C(Nc1ncc(CCO)s1)N1CCC(CNc2ccccc2C(F)(F)F)CC1. The number of hydrogen-bond acceptors (Lipinski definition) is 5. The molecule has 1 aromatic carbocycles. The zero-order valence-electron chi connectivity index (χ0n) is 15.7. The lowest BCUT2D eigenvalue weighted by atomic mass is 9.96. The van der Waals surface area contributed by atoms with Gasteiger partial charge in [-0.3, -0.25) is 5.32 Å². The van der Waals surface area contributed by atoms with Crippen molar-refractivity contribution in [1.82, 2.24) is 9.88 Å². The van der Waals surface area contributed by atoms with E-state index in [1.807, 2.05) is 0 Å². The number of halogens is 3. The normalized spacial score (nSPS) is 15.4. The number of alkyl halides is 3. The lowest BCUT2D eigenvalue weighted by Gasteiger charge is -2.32. The average Bonchev–Trinajstić information content (AvgIpc) is 3.13. The second kappa shape index (κ2) is 9.45. The number of amides is 2. The van der Waals surface area contributed by atoms with E-state index in [4.69, 9.17) is 5.11 Å². The number of piperidine rings is 1. The Hall–Kier alpha value is -2.33. The molecule has 29 heavy (non-hydrogen) atoms. The molecule has 2 amide bonds. The molecule has 1 fully saturated rings. The Balaban J connectivity index is 1.46. The molecule has 2 heterocycles. The molecule has 1 aromatic heterocycles. The van der Waals surface area contributed by atoms with E-state index in [0.717, 1.165) is 10.9 Å². The van der Waals surface area contributed by atoms with E-state index in [-0.39, 0.29) is 24.2 Å². The van der Waals surface area contributed by atoms with Crippen LogP contribution in [0.15, 0.2) is 30.5 Å². The van der Waals surface area contributed by atoms with Crippen LogP contribution < -0.4 is 10.6 Å². The lowest BCUT2D eigenvalue weighted by Crippen LogP contribution is -2.42. The van der Waals surface area contributed by atoms with Gasteiger partial charge in [0.2, 0.25) is 0 Å². The molecule has 3 N–H and O–H groups in total. The van der Waals surface area contributed by atoms with Crippen LogP contribution in [0, 0.1) is 5.92 Å². The van der Waals surface area contributed by atoms with Gasteiger partial charge in [0.25, 0.3) is 0 Å². The van der Waals surface area contributed by atoms with Gasteiger partial charge in [-0.1, -0.05) is 12.1 Å². The quantitative estimate of drug-likeness (QED) is 0.649. The molecule has 0 aliphatic carbocycles. The summed E-state index contributed by atoms with van der Waals surface area (Å²) in [6.45, 7) is 1.53. The van der Waals surface area contributed by atoms with E-state index in [1.54, 1.807) is 17.2 Å². The summed E-state index contributed by atoms with van der Waals surface area (Å²) in [7, 11) is 0. The van der Waals surface area contributed by atoms with Gasteiger partial charge < -0.3 is 15.3 Å². The second-order valence-corrected chi connectivity index (χ2v) is 8.01. The first-order chi connectivity index (χ1) is 13.9. The van der Waals surface area contributed by atoms with E-state index in [9.17, 15) is 18.0 Å². The summed E-state index contributed by atoms with van der Waals surface area (Å²) in [4.78, 5) is 19.1. The van der Waals surface area contributed by atoms with Crippen molar-refractivity contribution in [3.05, 3.63) is 40.9 Å². The van der Waals surface area contributed by atoms with E-state index in [0.29, 0.717) is 44.0 Å². The van der Waals surface area contributed by atoms with Crippen LogP contribution in [-0.4, -0.2) is 47.3 Å². The summed E-state index contributed by atoms with van der Waals surface area (Å²) in [5, 5.41) is 15.1. The summed E-state index contributed by atoms with van der Waals surface area (Å²) in [5.41, 5.74) is -0.580. The van der Waals surface area contributed by atoms with Crippen molar-refractivity contribution >= 4 is 28.2 Å². The average molecular weight is 428 g/mol. The molecule has 158 valence electrons. The fourth-order valence-electron chi connectivity index (χ4n) is 3.24. The van der Waals surface area contributed by atoms with Crippen molar-refractivity contribution in [3.63, 3.8) is 0 Å². The Morgan fingerprint density at radius 1 is 1.28 bits per heavy atom. The second-order valence-electron chi connectivity index (χ2n) is 6.89. The van der Waals surface area contributed by atoms with Crippen LogP contribution in [0.4, 0.5) is 28.8 Å². The van der Waals surface area contributed by atoms with E-state index in [1.165, 1.54) is 23.5 Å². The highest BCUT2D eigenvalue weighted by Crippen LogP contribution is 2.34. The fraction of sp³-hybridized carbons (Fsp3) is 0.474. The number of aromatic nitrogens is 1. The molecule has 2 aromatic rings. The van der Waals surface area contributed by atoms with Crippen LogP contribution in [0.3, 0.4) is 0 Å². The first kappa shape index (κ1) is 21.4. The first-order valence-corrected chi connectivity index (χ1v) is 10.2. The maximum Gasteiger partial charge on any atom is 0.418 e. The van der Waals surface area contributed by atoms with E-state index >= 15 is 0 Å². The molecule has 1 saturated heterocycles. The highest BCUT2D eigenvalue weighted by Gasteiger charge is 2.33. The van der Waals surface area contributed by atoms with Crippen LogP contribution in [0.2, 0.25) is 0 Å². The van der Waals surface area contributed by atoms with Gasteiger partial charge in [0.05, 0.1) is 5.56 Å². The van der Waals surface area contributed by atoms with Gasteiger partial charge in [0.1, 0.15) is 0 Å². The monoisotopic (exact) mass is 428 g/mol. The summed E-state index contributed by atoms with van der Waals surface area (Å²) in [6, 6.07) is 5.23. The van der Waals surface area contributed by atoms with Crippen LogP contribution in [0.1, 0.15) is 23.3 Å². The Morgan fingerprint density at radius 3 is 2.69 bits per heavy atom. The molecule has 0 bridgehead atoms. The molecule has 0 unspecified atom stereocenters.